The van der Waals surface area contributed by atoms with Gasteiger partial charge in [-0.1, -0.05) is 16.0 Å². The zero-order valence-electron chi connectivity index (χ0n) is 8.54. The molecule has 94 valence electrons. The quantitative estimate of drug-likeness (QED) is 0.737. The van der Waals surface area contributed by atoms with Crippen LogP contribution in [-0.4, -0.2) is 25.5 Å². The summed E-state index contributed by atoms with van der Waals surface area (Å²) in [4.78, 5) is 10.5. The normalized spacial score (nSPS) is 13.1. The molecule has 6 nitrogen and oxygen atoms in total. The van der Waals surface area contributed by atoms with E-state index in [0.717, 1.165) is 0 Å². The highest BCUT2D eigenvalue weighted by Gasteiger charge is 2.14. The van der Waals surface area contributed by atoms with Crippen LogP contribution in [0, 0.1) is 0 Å². The van der Waals surface area contributed by atoms with Gasteiger partial charge in [0.15, 0.2) is 0 Å². The molecule has 0 radical (unpaired) electrons. The highest BCUT2D eigenvalue weighted by molar-refractivity contribution is 7.81. The van der Waals surface area contributed by atoms with E-state index in [1.807, 2.05) is 0 Å². The first kappa shape index (κ1) is 13.4. The Balaban J connectivity index is 2.83. The minimum absolute atomic E-state index is 0.0150. The van der Waals surface area contributed by atoms with Crippen molar-refractivity contribution in [3.8, 4) is 5.75 Å². The van der Waals surface area contributed by atoms with Crippen molar-refractivity contribution in [2.24, 2.45) is 5.73 Å². The Bertz CT molecular complexity index is 516. The lowest BCUT2D eigenvalue weighted by atomic mass is 10.1. The molecule has 0 fully saturated rings. The molecule has 0 aromatic heterocycles. The van der Waals surface area contributed by atoms with Crippen LogP contribution < -0.4 is 9.92 Å². The van der Waals surface area contributed by atoms with Gasteiger partial charge in [-0.15, -0.1) is 0 Å². The third-order valence-corrected chi connectivity index (χ3v) is 2.26. The summed E-state index contributed by atoms with van der Waals surface area (Å²) >= 11 is 0. The molecule has 8 heteroatoms. The van der Waals surface area contributed by atoms with Crippen LogP contribution >= 0.6 is 0 Å². The molecule has 17 heavy (non-hydrogen) atoms. The number of benzene rings is 1. The highest BCUT2D eigenvalue weighted by Crippen LogP contribution is 2.16. The highest BCUT2D eigenvalue weighted by atomic mass is 32.3. The van der Waals surface area contributed by atoms with Gasteiger partial charge in [0.25, 0.3) is 0 Å². The van der Waals surface area contributed by atoms with Gasteiger partial charge in [0.05, 0.1) is 0 Å². The molecule has 0 aliphatic carbocycles. The first-order valence-corrected chi connectivity index (χ1v) is 5.80. The van der Waals surface area contributed by atoms with Crippen LogP contribution in [0.2, 0.25) is 0 Å². The van der Waals surface area contributed by atoms with Crippen LogP contribution in [0.4, 0.5) is 3.89 Å². The maximum absolute atomic E-state index is 12.2. The molecule has 0 saturated carbocycles. The van der Waals surface area contributed by atoms with E-state index in [1.165, 1.54) is 24.3 Å². The Hall–Kier alpha value is -1.67. The Morgan fingerprint density at radius 1 is 1.53 bits per heavy atom. The van der Waals surface area contributed by atoms with Crippen LogP contribution in [-0.2, 0) is 21.7 Å². The van der Waals surface area contributed by atoms with Crippen molar-refractivity contribution >= 4 is 16.5 Å². The summed E-state index contributed by atoms with van der Waals surface area (Å²) in [6.07, 6.45) is -0.0150. The van der Waals surface area contributed by atoms with E-state index >= 15 is 0 Å². The summed E-state index contributed by atoms with van der Waals surface area (Å²) in [6, 6.07) is 4.25. The van der Waals surface area contributed by atoms with Crippen molar-refractivity contribution in [2.45, 2.75) is 12.5 Å². The molecular weight excluding hydrogens is 253 g/mol. The average Bonchev–Trinajstić information content (AvgIpc) is 2.15. The van der Waals surface area contributed by atoms with Gasteiger partial charge >= 0.3 is 16.5 Å². The van der Waals surface area contributed by atoms with Crippen LogP contribution in [0.5, 0.6) is 5.75 Å². The van der Waals surface area contributed by atoms with Gasteiger partial charge in [0.2, 0.25) is 0 Å². The molecule has 0 unspecified atom stereocenters. The van der Waals surface area contributed by atoms with Gasteiger partial charge in [0, 0.05) is 0 Å². The lowest BCUT2D eigenvalue weighted by Crippen LogP contribution is -2.32. The molecule has 0 heterocycles. The fraction of sp³-hybridized carbons (Fsp3) is 0.222. The first-order valence-electron chi connectivity index (χ1n) is 4.49. The van der Waals surface area contributed by atoms with Crippen molar-refractivity contribution in [1.82, 2.24) is 0 Å². The molecule has 0 aliphatic heterocycles. The van der Waals surface area contributed by atoms with Gasteiger partial charge in [-0.05, 0) is 24.1 Å². The third kappa shape index (κ3) is 4.79. The largest absolute Gasteiger partial charge is 0.488 e. The maximum atomic E-state index is 12.2. The number of halogens is 1. The van der Waals surface area contributed by atoms with E-state index in [-0.39, 0.29) is 12.2 Å². The van der Waals surface area contributed by atoms with E-state index in [4.69, 9.17) is 10.8 Å². The number of carboxylic acids is 1. The van der Waals surface area contributed by atoms with Gasteiger partial charge in [-0.3, -0.25) is 4.79 Å². The van der Waals surface area contributed by atoms with Crippen molar-refractivity contribution in [2.75, 3.05) is 0 Å². The Morgan fingerprint density at radius 2 is 2.18 bits per heavy atom. The molecule has 3 N–H and O–H groups in total. The number of carbonyl (C=O) groups is 1. The Kier molecular flexibility index (Phi) is 4.02. The molecule has 0 bridgehead atoms. The fourth-order valence-electron chi connectivity index (χ4n) is 1.18. The zero-order valence-corrected chi connectivity index (χ0v) is 9.35. The lowest BCUT2D eigenvalue weighted by Gasteiger charge is -2.07. The van der Waals surface area contributed by atoms with Gasteiger partial charge in [0.1, 0.15) is 11.8 Å². The van der Waals surface area contributed by atoms with Crippen LogP contribution in [0.1, 0.15) is 5.56 Å². The number of hydrogen-bond donors (Lipinski definition) is 2. The van der Waals surface area contributed by atoms with Crippen LogP contribution in [0.15, 0.2) is 24.3 Å². The van der Waals surface area contributed by atoms with Crippen molar-refractivity contribution < 1.29 is 26.4 Å². The second kappa shape index (κ2) is 5.11. The molecule has 0 aliphatic rings. The smallest absolute Gasteiger partial charge is 0.480 e. The molecule has 1 aromatic carbocycles. The summed E-state index contributed by atoms with van der Waals surface area (Å²) in [5, 5.41) is 8.59. The molecule has 1 rings (SSSR count). The lowest BCUT2D eigenvalue weighted by molar-refractivity contribution is -0.138. The Labute approximate surface area is 97.2 Å². The van der Waals surface area contributed by atoms with E-state index in [9.17, 15) is 17.1 Å². The number of carboxylic acid groups (broad SMARTS) is 1. The second-order valence-electron chi connectivity index (χ2n) is 3.27. The van der Waals surface area contributed by atoms with Gasteiger partial charge < -0.3 is 15.0 Å². The van der Waals surface area contributed by atoms with Crippen molar-refractivity contribution in [1.29, 1.82) is 0 Å². The molecule has 0 amide bonds. The Morgan fingerprint density at radius 3 is 2.71 bits per heavy atom. The number of nitrogens with two attached hydrogens (primary N) is 1. The van der Waals surface area contributed by atoms with E-state index < -0.39 is 22.5 Å². The fourth-order valence-corrected chi connectivity index (χ4v) is 1.51. The number of rotatable bonds is 5. The molecule has 1 aromatic rings. The monoisotopic (exact) mass is 263 g/mol. The van der Waals surface area contributed by atoms with Gasteiger partial charge in [-0.25, -0.2) is 0 Å². The van der Waals surface area contributed by atoms with Crippen molar-refractivity contribution in [3.63, 3.8) is 0 Å². The third-order valence-electron chi connectivity index (χ3n) is 1.87. The number of hydrogen-bond acceptors (Lipinski definition) is 5. The predicted octanol–water partition coefficient (Wildman–Crippen LogP) is 0.234. The molecule has 0 saturated heterocycles. The zero-order chi connectivity index (χ0) is 13.1. The standard InChI is InChI=1S/C9H10FNO5S/c10-17(14,15)16-7-3-1-2-6(4-7)5-8(11)9(12)13/h1-4,8H,5,11H2,(H,12,13)/t8-/m0/s1. The predicted molar refractivity (Wildman–Crippen MR) is 56.4 cm³/mol. The molecule has 0 spiro atoms. The first-order chi connectivity index (χ1) is 7.78. The SMILES string of the molecule is N[C@@H](Cc1cccc(OS(=O)(=O)F)c1)C(=O)O. The molecule has 1 atom stereocenters. The summed E-state index contributed by atoms with van der Waals surface area (Å²) in [5.74, 6) is -1.42. The molecular formula is C9H10FNO5S. The topological polar surface area (TPSA) is 107 Å². The second-order valence-corrected chi connectivity index (χ2v) is 4.23. The maximum Gasteiger partial charge on any atom is 0.488 e. The van der Waals surface area contributed by atoms with Gasteiger partial charge in [-0.2, -0.15) is 8.42 Å². The van der Waals surface area contributed by atoms with E-state index in [1.54, 1.807) is 0 Å². The van der Waals surface area contributed by atoms with Crippen LogP contribution in [0.3, 0.4) is 0 Å². The summed E-state index contributed by atoms with van der Waals surface area (Å²) in [7, 11) is -5.09. The summed E-state index contributed by atoms with van der Waals surface area (Å²) in [6.45, 7) is 0. The average molecular weight is 263 g/mol. The van der Waals surface area contributed by atoms with E-state index in [2.05, 4.69) is 4.18 Å². The summed E-state index contributed by atoms with van der Waals surface area (Å²) in [5.41, 5.74) is 5.72. The minimum atomic E-state index is -5.09. The number of aliphatic carboxylic acids is 1. The minimum Gasteiger partial charge on any atom is -0.480 e. The van der Waals surface area contributed by atoms with Crippen molar-refractivity contribution in [3.05, 3.63) is 29.8 Å². The van der Waals surface area contributed by atoms with E-state index in [0.29, 0.717) is 5.56 Å². The summed E-state index contributed by atoms with van der Waals surface area (Å²) < 4.78 is 36.7. The van der Waals surface area contributed by atoms with Crippen LogP contribution in [0.25, 0.3) is 0 Å².